The highest BCUT2D eigenvalue weighted by molar-refractivity contribution is 9.10. The monoisotopic (exact) mass is 414 g/mol. The minimum atomic E-state index is -0.370. The second-order valence-corrected chi connectivity index (χ2v) is 6.76. The first-order valence-electron chi connectivity index (χ1n) is 8.39. The molecule has 1 heterocycles. The zero-order valence-electron chi connectivity index (χ0n) is 14.4. The summed E-state index contributed by atoms with van der Waals surface area (Å²) < 4.78 is 6.60. The third kappa shape index (κ3) is 4.14. The van der Waals surface area contributed by atoms with E-state index in [2.05, 4.69) is 21.2 Å². The van der Waals surface area contributed by atoms with Crippen LogP contribution in [-0.4, -0.2) is 23.4 Å². The molecule has 1 aliphatic rings. The van der Waals surface area contributed by atoms with Gasteiger partial charge in [-0.2, -0.15) is 0 Å². The van der Waals surface area contributed by atoms with Crippen molar-refractivity contribution in [3.8, 4) is 5.75 Å². The first-order valence-corrected chi connectivity index (χ1v) is 9.18. The molecule has 0 atom stereocenters. The van der Waals surface area contributed by atoms with Crippen LogP contribution < -0.4 is 10.1 Å². The molecule has 1 fully saturated rings. The Hall–Kier alpha value is -2.60. The van der Waals surface area contributed by atoms with Gasteiger partial charge in [0, 0.05) is 6.54 Å². The van der Waals surface area contributed by atoms with Crippen molar-refractivity contribution in [2.75, 3.05) is 6.54 Å². The first-order chi connectivity index (χ1) is 12.6. The molecule has 1 aliphatic heterocycles. The third-order valence-corrected chi connectivity index (χ3v) is 4.53. The Morgan fingerprint density at radius 2 is 1.92 bits per heavy atom. The average molecular weight is 415 g/mol. The van der Waals surface area contributed by atoms with Crippen LogP contribution in [0.1, 0.15) is 24.5 Å². The van der Waals surface area contributed by atoms with Crippen LogP contribution in [0.3, 0.4) is 0 Å². The van der Waals surface area contributed by atoms with Gasteiger partial charge in [0.1, 0.15) is 18.1 Å². The normalized spacial score (nSPS) is 15.5. The molecule has 0 aromatic heterocycles. The lowest BCUT2D eigenvalue weighted by Crippen LogP contribution is -2.31. The lowest BCUT2D eigenvalue weighted by atomic mass is 10.2. The molecule has 0 saturated carbocycles. The molecule has 3 amide bonds. The summed E-state index contributed by atoms with van der Waals surface area (Å²) in [5.74, 6) is 0.419. The minimum Gasteiger partial charge on any atom is -0.488 e. The standard InChI is InChI=1S/C20H19BrN2O3/c1-2-10-23-19(24)17(22-20(23)25)12-15-8-9-18(16(21)11-15)26-13-14-6-4-3-5-7-14/h3-9,11-12H,2,10,13H2,1H3,(H,22,25)/b17-12+. The second kappa shape index (κ2) is 8.19. The number of rotatable bonds is 6. The van der Waals surface area contributed by atoms with E-state index in [9.17, 15) is 9.59 Å². The van der Waals surface area contributed by atoms with Gasteiger partial charge >= 0.3 is 6.03 Å². The molecule has 0 spiro atoms. The van der Waals surface area contributed by atoms with Crippen molar-refractivity contribution in [3.63, 3.8) is 0 Å². The topological polar surface area (TPSA) is 58.6 Å². The van der Waals surface area contributed by atoms with Gasteiger partial charge in [0.05, 0.1) is 4.47 Å². The summed E-state index contributed by atoms with van der Waals surface area (Å²) in [5.41, 5.74) is 2.17. The fraction of sp³-hybridized carbons (Fsp3) is 0.200. The Bertz CT molecular complexity index is 849. The maximum absolute atomic E-state index is 12.3. The number of amides is 3. The number of urea groups is 1. The zero-order chi connectivity index (χ0) is 18.5. The molecule has 0 radical (unpaired) electrons. The largest absolute Gasteiger partial charge is 0.488 e. The number of hydrogen-bond acceptors (Lipinski definition) is 3. The number of nitrogens with one attached hydrogen (secondary N) is 1. The van der Waals surface area contributed by atoms with Crippen LogP contribution in [0.2, 0.25) is 0 Å². The number of carbonyl (C=O) groups excluding carboxylic acids is 2. The molecular weight excluding hydrogens is 396 g/mol. The van der Waals surface area contributed by atoms with E-state index in [1.165, 1.54) is 4.90 Å². The van der Waals surface area contributed by atoms with E-state index in [-0.39, 0.29) is 17.6 Å². The Kier molecular flexibility index (Phi) is 5.73. The molecule has 0 aliphatic carbocycles. The molecule has 5 nitrogen and oxygen atoms in total. The van der Waals surface area contributed by atoms with Crippen LogP contribution in [0.15, 0.2) is 58.7 Å². The Morgan fingerprint density at radius 1 is 1.15 bits per heavy atom. The molecule has 3 rings (SSSR count). The lowest BCUT2D eigenvalue weighted by Gasteiger charge is -2.09. The van der Waals surface area contributed by atoms with Crippen LogP contribution in [0.4, 0.5) is 4.79 Å². The zero-order valence-corrected chi connectivity index (χ0v) is 16.0. The van der Waals surface area contributed by atoms with Crippen LogP contribution in [0.25, 0.3) is 6.08 Å². The Labute approximate surface area is 160 Å². The van der Waals surface area contributed by atoms with Gasteiger partial charge in [-0.3, -0.25) is 9.69 Å². The molecule has 26 heavy (non-hydrogen) atoms. The fourth-order valence-electron chi connectivity index (χ4n) is 2.62. The predicted molar refractivity (Wildman–Crippen MR) is 103 cm³/mol. The van der Waals surface area contributed by atoms with E-state index < -0.39 is 0 Å². The van der Waals surface area contributed by atoms with E-state index in [1.807, 2.05) is 55.5 Å². The van der Waals surface area contributed by atoms with Gasteiger partial charge in [0.25, 0.3) is 5.91 Å². The van der Waals surface area contributed by atoms with E-state index in [1.54, 1.807) is 6.08 Å². The van der Waals surface area contributed by atoms with Crippen molar-refractivity contribution in [1.29, 1.82) is 0 Å². The molecule has 1 saturated heterocycles. The molecule has 2 aromatic carbocycles. The second-order valence-electron chi connectivity index (χ2n) is 5.91. The average Bonchev–Trinajstić information content (AvgIpc) is 2.90. The molecule has 1 N–H and O–H groups in total. The predicted octanol–water partition coefficient (Wildman–Crippen LogP) is 4.33. The summed E-state index contributed by atoms with van der Waals surface area (Å²) in [5, 5.41) is 2.62. The summed E-state index contributed by atoms with van der Waals surface area (Å²) in [6.45, 7) is 2.81. The number of imide groups is 1. The number of ether oxygens (including phenoxy) is 1. The van der Waals surface area contributed by atoms with E-state index in [0.717, 1.165) is 22.0 Å². The molecule has 0 bridgehead atoms. The van der Waals surface area contributed by atoms with Crippen LogP contribution in [-0.2, 0) is 11.4 Å². The summed E-state index contributed by atoms with van der Waals surface area (Å²) in [4.78, 5) is 25.3. The number of benzene rings is 2. The highest BCUT2D eigenvalue weighted by Crippen LogP contribution is 2.28. The summed E-state index contributed by atoms with van der Waals surface area (Å²) >= 11 is 3.50. The van der Waals surface area contributed by atoms with Gasteiger partial charge in [0.15, 0.2) is 0 Å². The molecule has 2 aromatic rings. The summed E-state index contributed by atoms with van der Waals surface area (Å²) in [6, 6.07) is 15.1. The lowest BCUT2D eigenvalue weighted by molar-refractivity contribution is -0.122. The van der Waals surface area contributed by atoms with Gasteiger partial charge in [-0.15, -0.1) is 0 Å². The van der Waals surface area contributed by atoms with E-state index in [4.69, 9.17) is 4.74 Å². The van der Waals surface area contributed by atoms with Gasteiger partial charge in [-0.05, 0) is 51.7 Å². The smallest absolute Gasteiger partial charge is 0.329 e. The van der Waals surface area contributed by atoms with Crippen LogP contribution in [0.5, 0.6) is 5.75 Å². The van der Waals surface area contributed by atoms with E-state index in [0.29, 0.717) is 18.9 Å². The van der Waals surface area contributed by atoms with Crippen LogP contribution >= 0.6 is 15.9 Å². The number of halogens is 1. The number of carbonyl (C=O) groups is 2. The van der Waals surface area contributed by atoms with Crippen molar-refractivity contribution < 1.29 is 14.3 Å². The molecule has 6 heteroatoms. The van der Waals surface area contributed by atoms with Crippen LogP contribution in [0, 0.1) is 0 Å². The SMILES string of the molecule is CCCN1C(=O)N/C(=C/c2ccc(OCc3ccccc3)c(Br)c2)C1=O. The highest BCUT2D eigenvalue weighted by atomic mass is 79.9. The molecule has 134 valence electrons. The van der Waals surface area contributed by atoms with Crippen molar-refractivity contribution in [3.05, 3.63) is 69.8 Å². The molecular formula is C20H19BrN2O3. The number of nitrogens with zero attached hydrogens (tertiary/aromatic N) is 1. The third-order valence-electron chi connectivity index (χ3n) is 3.91. The van der Waals surface area contributed by atoms with Crippen molar-refractivity contribution in [2.24, 2.45) is 0 Å². The van der Waals surface area contributed by atoms with Gasteiger partial charge < -0.3 is 10.1 Å². The summed E-state index contributed by atoms with van der Waals surface area (Å²) in [6.07, 6.45) is 2.40. The van der Waals surface area contributed by atoms with Crippen molar-refractivity contribution in [2.45, 2.75) is 20.0 Å². The summed E-state index contributed by atoms with van der Waals surface area (Å²) in [7, 11) is 0. The highest BCUT2D eigenvalue weighted by Gasteiger charge is 2.32. The number of hydrogen-bond donors (Lipinski definition) is 1. The maximum Gasteiger partial charge on any atom is 0.329 e. The van der Waals surface area contributed by atoms with Crippen molar-refractivity contribution >= 4 is 33.9 Å². The van der Waals surface area contributed by atoms with Crippen molar-refractivity contribution in [1.82, 2.24) is 10.2 Å². The minimum absolute atomic E-state index is 0.285. The molecule has 0 unspecified atom stereocenters. The van der Waals surface area contributed by atoms with Gasteiger partial charge in [-0.1, -0.05) is 43.3 Å². The quantitative estimate of drug-likeness (QED) is 0.565. The fourth-order valence-corrected chi connectivity index (χ4v) is 3.14. The van der Waals surface area contributed by atoms with E-state index >= 15 is 0 Å². The van der Waals surface area contributed by atoms with Gasteiger partial charge in [-0.25, -0.2) is 4.79 Å². The van der Waals surface area contributed by atoms with Gasteiger partial charge in [0.2, 0.25) is 0 Å². The Morgan fingerprint density at radius 3 is 2.62 bits per heavy atom. The first kappa shape index (κ1) is 18.2. The maximum atomic E-state index is 12.3. The Balaban J connectivity index is 1.71.